The molecule has 1 atom stereocenters. The van der Waals surface area contributed by atoms with Gasteiger partial charge in [-0.2, -0.15) is 10.5 Å². The smallest absolute Gasteiger partial charge is 0.274 e. The zero-order valence-corrected chi connectivity index (χ0v) is 20.6. The molecule has 1 unspecified atom stereocenters. The summed E-state index contributed by atoms with van der Waals surface area (Å²) in [6, 6.07) is 30.6. The second-order valence-electron chi connectivity index (χ2n) is 8.56. The zero-order chi connectivity index (χ0) is 26.2. The number of fused-ring (bicyclic) bond motifs is 1. The van der Waals surface area contributed by atoms with Gasteiger partial charge in [-0.05, 0) is 24.3 Å². The number of aromatic nitrogens is 1. The molecule has 4 heterocycles. The number of hydrogen-bond donors (Lipinski definition) is 1. The van der Waals surface area contributed by atoms with Crippen molar-refractivity contribution in [1.82, 2.24) is 4.57 Å². The number of hydrogen-bond acceptors (Lipinski definition) is 7. The second kappa shape index (κ2) is 9.29. The first-order valence-corrected chi connectivity index (χ1v) is 12.5. The molecular weight excluding hydrogens is 496 g/mol. The van der Waals surface area contributed by atoms with Gasteiger partial charge in [0.05, 0.1) is 33.7 Å². The summed E-state index contributed by atoms with van der Waals surface area (Å²) >= 11 is 1.12. The number of rotatable bonds is 4. The van der Waals surface area contributed by atoms with Crippen molar-refractivity contribution in [2.24, 2.45) is 5.73 Å². The number of nitriles is 2. The molecule has 6 rings (SSSR count). The van der Waals surface area contributed by atoms with Gasteiger partial charge < -0.3 is 14.6 Å². The van der Waals surface area contributed by atoms with Crippen LogP contribution in [0.15, 0.2) is 104 Å². The van der Waals surface area contributed by atoms with Crippen molar-refractivity contribution < 1.29 is 8.83 Å². The van der Waals surface area contributed by atoms with Crippen molar-refractivity contribution in [3.63, 3.8) is 0 Å². The fourth-order valence-corrected chi connectivity index (χ4v) is 5.63. The van der Waals surface area contributed by atoms with E-state index in [-0.39, 0.29) is 17.0 Å². The number of benzene rings is 2. The summed E-state index contributed by atoms with van der Waals surface area (Å²) in [7, 11) is 0. The molecule has 0 saturated heterocycles. The molecule has 182 valence electrons. The average Bonchev–Trinajstić information content (AvgIpc) is 3.70. The van der Waals surface area contributed by atoms with Crippen LogP contribution in [0.4, 0.5) is 0 Å². The highest BCUT2D eigenvalue weighted by atomic mass is 32.1. The summed E-state index contributed by atoms with van der Waals surface area (Å²) in [6.45, 7) is 0. The highest BCUT2D eigenvalue weighted by Crippen LogP contribution is 2.38. The monoisotopic (exact) mass is 514 g/mol. The van der Waals surface area contributed by atoms with Gasteiger partial charge in [0.2, 0.25) is 0 Å². The third kappa shape index (κ3) is 3.77. The topological polar surface area (TPSA) is 122 Å². The average molecular weight is 515 g/mol. The van der Waals surface area contributed by atoms with E-state index in [1.165, 1.54) is 4.57 Å². The maximum atomic E-state index is 13.4. The Hall–Kier alpha value is -5.31. The number of thiazole rings is 1. The Balaban J connectivity index is 1.50. The van der Waals surface area contributed by atoms with E-state index in [4.69, 9.17) is 14.6 Å². The Bertz CT molecular complexity index is 1980. The van der Waals surface area contributed by atoms with Gasteiger partial charge in [0.15, 0.2) is 0 Å². The molecule has 2 aromatic carbocycles. The van der Waals surface area contributed by atoms with Crippen LogP contribution in [-0.4, -0.2) is 4.57 Å². The molecule has 8 heteroatoms. The third-order valence-corrected chi connectivity index (χ3v) is 7.43. The normalized spacial score (nSPS) is 15.3. The first-order valence-electron chi connectivity index (χ1n) is 11.7. The summed E-state index contributed by atoms with van der Waals surface area (Å²) in [5.41, 5.74) is 8.03. The van der Waals surface area contributed by atoms with E-state index >= 15 is 0 Å². The molecule has 5 aromatic rings. The van der Waals surface area contributed by atoms with E-state index in [9.17, 15) is 15.3 Å². The minimum atomic E-state index is -0.832. The van der Waals surface area contributed by atoms with Crippen LogP contribution in [0.5, 0.6) is 0 Å². The van der Waals surface area contributed by atoms with Crippen molar-refractivity contribution in [3.8, 4) is 34.8 Å². The summed E-state index contributed by atoms with van der Waals surface area (Å²) < 4.78 is 13.9. The molecule has 0 aliphatic carbocycles. The Morgan fingerprint density at radius 2 is 1.42 bits per heavy atom. The predicted octanol–water partition coefficient (Wildman–Crippen LogP) is 4.38. The molecule has 0 bridgehead atoms. The van der Waals surface area contributed by atoms with Crippen LogP contribution in [0.3, 0.4) is 0 Å². The van der Waals surface area contributed by atoms with Gasteiger partial charge in [0, 0.05) is 17.2 Å². The molecule has 0 radical (unpaired) electrons. The Morgan fingerprint density at radius 3 is 2.05 bits per heavy atom. The first kappa shape index (κ1) is 23.1. The van der Waals surface area contributed by atoms with Crippen LogP contribution in [0.2, 0.25) is 0 Å². The lowest BCUT2D eigenvalue weighted by molar-refractivity contribution is 0.521. The van der Waals surface area contributed by atoms with Crippen LogP contribution >= 0.6 is 11.3 Å². The van der Waals surface area contributed by atoms with Gasteiger partial charge in [0.1, 0.15) is 33.5 Å². The second-order valence-corrected chi connectivity index (χ2v) is 9.59. The highest BCUT2D eigenvalue weighted by molar-refractivity contribution is 7.07. The largest absolute Gasteiger partial charge is 0.460 e. The van der Waals surface area contributed by atoms with Crippen molar-refractivity contribution in [2.75, 3.05) is 0 Å². The van der Waals surface area contributed by atoms with Gasteiger partial charge in [-0.1, -0.05) is 60.7 Å². The lowest BCUT2D eigenvalue weighted by Crippen LogP contribution is -2.38. The molecule has 2 N–H and O–H groups in total. The Morgan fingerprint density at radius 1 is 0.816 bits per heavy atom. The van der Waals surface area contributed by atoms with E-state index in [0.29, 0.717) is 32.2 Å². The van der Waals surface area contributed by atoms with Gasteiger partial charge in [-0.25, -0.2) is 0 Å². The van der Waals surface area contributed by atoms with Crippen LogP contribution in [-0.2, 0) is 0 Å². The van der Waals surface area contributed by atoms with Crippen molar-refractivity contribution >= 4 is 28.8 Å². The Labute approximate surface area is 220 Å². The first-order chi connectivity index (χ1) is 18.6. The van der Waals surface area contributed by atoms with Crippen molar-refractivity contribution in [1.29, 1.82) is 10.5 Å². The van der Waals surface area contributed by atoms with E-state index < -0.39 is 11.5 Å². The molecule has 0 fully saturated rings. The van der Waals surface area contributed by atoms with Gasteiger partial charge in [-0.3, -0.25) is 9.36 Å². The minimum Gasteiger partial charge on any atom is -0.460 e. The van der Waals surface area contributed by atoms with E-state index in [2.05, 4.69) is 12.1 Å². The van der Waals surface area contributed by atoms with Crippen LogP contribution in [0.25, 0.3) is 40.1 Å². The summed E-state index contributed by atoms with van der Waals surface area (Å²) in [5.74, 6) is 1.30. The third-order valence-electron chi connectivity index (χ3n) is 6.32. The fraction of sp³-hybridized carbons (Fsp3) is 0.0333. The minimum absolute atomic E-state index is 0.0190. The van der Waals surface area contributed by atoms with Crippen LogP contribution in [0.1, 0.15) is 17.4 Å². The van der Waals surface area contributed by atoms with E-state index in [0.717, 1.165) is 22.5 Å². The number of furan rings is 2. The summed E-state index contributed by atoms with van der Waals surface area (Å²) in [4.78, 5) is 13.4. The number of allylic oxidation sites excluding steroid dienone is 1. The van der Waals surface area contributed by atoms with Crippen molar-refractivity contribution in [2.45, 2.75) is 5.92 Å². The number of nitrogens with zero attached hydrogens (tertiary/aromatic N) is 3. The van der Waals surface area contributed by atoms with Crippen LogP contribution < -0.4 is 20.5 Å². The Kier molecular flexibility index (Phi) is 5.65. The zero-order valence-electron chi connectivity index (χ0n) is 19.8. The van der Waals surface area contributed by atoms with Gasteiger partial charge in [0.25, 0.3) is 5.56 Å². The van der Waals surface area contributed by atoms with Gasteiger partial charge >= 0.3 is 0 Å². The fourth-order valence-electron chi connectivity index (χ4n) is 4.52. The van der Waals surface area contributed by atoms with Crippen molar-refractivity contribution in [3.05, 3.63) is 122 Å². The summed E-state index contributed by atoms with van der Waals surface area (Å²) in [6.07, 6.45) is 1.62. The quantitative estimate of drug-likeness (QED) is 0.380. The molecule has 3 aromatic heterocycles. The maximum absolute atomic E-state index is 13.4. The van der Waals surface area contributed by atoms with Gasteiger partial charge in [-0.15, -0.1) is 11.3 Å². The molecule has 1 aliphatic rings. The maximum Gasteiger partial charge on any atom is 0.274 e. The lowest BCUT2D eigenvalue weighted by Gasteiger charge is -2.20. The molecule has 1 aliphatic heterocycles. The van der Waals surface area contributed by atoms with E-state index in [1.54, 1.807) is 24.3 Å². The molecule has 0 spiro atoms. The predicted molar refractivity (Wildman–Crippen MR) is 144 cm³/mol. The summed E-state index contributed by atoms with van der Waals surface area (Å²) in [5, 5.41) is 20.2. The standard InChI is InChI=1S/C30H18N4O3S/c31-16-21-27(25-14-13-24(37-25)19-9-5-2-6-10-19)22(17-32)30-34(28(21)33)29(35)26(38-30)15-20-11-12-23(36-20)18-7-3-1-4-8-18/h1-15,27H,33H2. The lowest BCUT2D eigenvalue weighted by atomic mass is 9.88. The number of nitrogens with two attached hydrogens (primary N) is 1. The molecular formula is C30H18N4O3S. The molecule has 38 heavy (non-hydrogen) atoms. The molecule has 0 saturated carbocycles. The van der Waals surface area contributed by atoms with Crippen LogP contribution in [0, 0.1) is 22.7 Å². The molecule has 0 amide bonds. The van der Waals surface area contributed by atoms with E-state index in [1.807, 2.05) is 66.7 Å². The highest BCUT2D eigenvalue weighted by Gasteiger charge is 2.34. The SMILES string of the molecule is N#CC1=C(N)n2c(sc(=Cc3ccc(-c4ccccc4)o3)c2=O)=C(C#N)C1c1ccc(-c2ccccc2)o1. The molecule has 7 nitrogen and oxygen atoms in total.